The van der Waals surface area contributed by atoms with Gasteiger partial charge in [0.2, 0.25) is 5.75 Å². The first-order chi connectivity index (χ1) is 21.0. The SMILES string of the molecule is COc1cccc(CCc2cc(Oc3cc(CCc4cc(OC)c(OC)c(OC)c4)ccc3OC)c(OC)cc2OC)c1. The van der Waals surface area contributed by atoms with E-state index < -0.39 is 0 Å². The fourth-order valence-electron chi connectivity index (χ4n) is 4.96. The minimum atomic E-state index is 0.562. The molecule has 43 heavy (non-hydrogen) atoms. The van der Waals surface area contributed by atoms with Crippen LogP contribution in [-0.2, 0) is 25.7 Å². The molecular formula is C35H40O8. The van der Waals surface area contributed by atoms with Crippen LogP contribution in [0.1, 0.15) is 22.3 Å². The Morgan fingerprint density at radius 1 is 0.395 bits per heavy atom. The molecule has 0 saturated heterocycles. The number of hydrogen-bond acceptors (Lipinski definition) is 8. The highest BCUT2D eigenvalue weighted by molar-refractivity contribution is 5.55. The third-order valence-electron chi connectivity index (χ3n) is 7.26. The highest BCUT2D eigenvalue weighted by atomic mass is 16.5. The first-order valence-corrected chi connectivity index (χ1v) is 14.0. The zero-order chi connectivity index (χ0) is 30.8. The first kappa shape index (κ1) is 31.2. The fourth-order valence-corrected chi connectivity index (χ4v) is 4.96. The predicted molar refractivity (Wildman–Crippen MR) is 167 cm³/mol. The third kappa shape index (κ3) is 7.57. The van der Waals surface area contributed by atoms with Crippen LogP contribution in [0.3, 0.4) is 0 Å². The summed E-state index contributed by atoms with van der Waals surface area (Å²) >= 11 is 0. The van der Waals surface area contributed by atoms with E-state index in [1.54, 1.807) is 49.8 Å². The molecule has 4 aromatic carbocycles. The lowest BCUT2D eigenvalue weighted by molar-refractivity contribution is 0.324. The van der Waals surface area contributed by atoms with E-state index in [4.69, 9.17) is 37.9 Å². The first-order valence-electron chi connectivity index (χ1n) is 14.0. The molecule has 8 heteroatoms. The monoisotopic (exact) mass is 588 g/mol. The van der Waals surface area contributed by atoms with Crippen molar-refractivity contribution in [2.24, 2.45) is 0 Å². The van der Waals surface area contributed by atoms with Gasteiger partial charge in [0.25, 0.3) is 0 Å². The van der Waals surface area contributed by atoms with Gasteiger partial charge in [0.05, 0.1) is 49.8 Å². The van der Waals surface area contributed by atoms with E-state index in [0.717, 1.165) is 53.9 Å². The van der Waals surface area contributed by atoms with Gasteiger partial charge in [-0.25, -0.2) is 0 Å². The van der Waals surface area contributed by atoms with Crippen LogP contribution >= 0.6 is 0 Å². The molecule has 0 aliphatic heterocycles. The van der Waals surface area contributed by atoms with Crippen molar-refractivity contribution in [2.45, 2.75) is 25.7 Å². The molecule has 0 amide bonds. The van der Waals surface area contributed by atoms with Crippen LogP contribution in [0.4, 0.5) is 0 Å². The Labute approximate surface area is 254 Å². The predicted octanol–water partition coefficient (Wildman–Crippen LogP) is 7.11. The molecule has 8 nitrogen and oxygen atoms in total. The molecule has 0 saturated carbocycles. The van der Waals surface area contributed by atoms with Crippen LogP contribution in [0.25, 0.3) is 0 Å². The summed E-state index contributed by atoms with van der Waals surface area (Å²) in [6.07, 6.45) is 3.05. The lowest BCUT2D eigenvalue weighted by Crippen LogP contribution is -2.01. The number of methoxy groups -OCH3 is 7. The van der Waals surface area contributed by atoms with Gasteiger partial charge in [0.1, 0.15) is 11.5 Å². The Kier molecular flexibility index (Phi) is 10.9. The average Bonchev–Trinajstić information content (AvgIpc) is 3.05. The van der Waals surface area contributed by atoms with Gasteiger partial charge in [-0.15, -0.1) is 0 Å². The van der Waals surface area contributed by atoms with E-state index in [1.807, 2.05) is 60.7 Å². The second-order valence-electron chi connectivity index (χ2n) is 9.79. The molecule has 0 unspecified atom stereocenters. The molecule has 4 aromatic rings. The Bertz CT molecular complexity index is 1490. The van der Waals surface area contributed by atoms with Gasteiger partial charge < -0.3 is 37.9 Å². The van der Waals surface area contributed by atoms with Crippen LogP contribution in [0.5, 0.6) is 51.7 Å². The Hall–Kier alpha value is -4.72. The van der Waals surface area contributed by atoms with Gasteiger partial charge in [-0.2, -0.15) is 0 Å². The van der Waals surface area contributed by atoms with Crippen molar-refractivity contribution in [3.63, 3.8) is 0 Å². The highest BCUT2D eigenvalue weighted by Gasteiger charge is 2.17. The number of benzene rings is 4. The summed E-state index contributed by atoms with van der Waals surface area (Å²) < 4.78 is 45.4. The lowest BCUT2D eigenvalue weighted by atomic mass is 10.0. The fraction of sp³-hybridized carbons (Fsp3) is 0.314. The van der Waals surface area contributed by atoms with Crippen LogP contribution in [0, 0.1) is 0 Å². The molecule has 0 aliphatic rings. The summed E-state index contributed by atoms with van der Waals surface area (Å²) in [6.45, 7) is 0. The van der Waals surface area contributed by atoms with E-state index in [-0.39, 0.29) is 0 Å². The van der Waals surface area contributed by atoms with E-state index >= 15 is 0 Å². The van der Waals surface area contributed by atoms with Gasteiger partial charge >= 0.3 is 0 Å². The number of hydrogen-bond donors (Lipinski definition) is 0. The van der Waals surface area contributed by atoms with Gasteiger partial charge in [-0.3, -0.25) is 0 Å². The summed E-state index contributed by atoms with van der Waals surface area (Å²) in [5.41, 5.74) is 4.31. The van der Waals surface area contributed by atoms with Crippen molar-refractivity contribution >= 4 is 0 Å². The molecule has 0 radical (unpaired) electrons. The quantitative estimate of drug-likeness (QED) is 0.146. The molecule has 228 valence electrons. The number of rotatable bonds is 15. The largest absolute Gasteiger partial charge is 0.497 e. The Morgan fingerprint density at radius 2 is 0.977 bits per heavy atom. The normalized spacial score (nSPS) is 10.6. The zero-order valence-corrected chi connectivity index (χ0v) is 25.9. The Balaban J connectivity index is 1.58. The highest BCUT2D eigenvalue weighted by Crippen LogP contribution is 2.42. The Morgan fingerprint density at radius 3 is 1.60 bits per heavy atom. The van der Waals surface area contributed by atoms with Crippen LogP contribution in [0.15, 0.2) is 66.7 Å². The average molecular weight is 589 g/mol. The molecule has 0 fully saturated rings. The lowest BCUT2D eigenvalue weighted by Gasteiger charge is -2.18. The minimum absolute atomic E-state index is 0.562. The van der Waals surface area contributed by atoms with E-state index in [0.29, 0.717) is 40.2 Å². The number of ether oxygens (including phenoxy) is 8. The van der Waals surface area contributed by atoms with E-state index in [9.17, 15) is 0 Å². The maximum Gasteiger partial charge on any atom is 0.203 e. The minimum Gasteiger partial charge on any atom is -0.497 e. The second-order valence-corrected chi connectivity index (χ2v) is 9.79. The van der Waals surface area contributed by atoms with Gasteiger partial charge in [-0.05, 0) is 90.4 Å². The second kappa shape index (κ2) is 15.0. The molecule has 0 heterocycles. The standard InChI is InChI=1S/C35H40O8/c1-36-27-10-8-9-23(17-27)13-15-26-21-32(30(39-4)22-29(26)38-3)43-31-18-24(14-16-28(31)37-2)11-12-25-19-33(40-5)35(42-7)34(20-25)41-6/h8-10,14,16-22H,11-13,15H2,1-7H3. The van der Waals surface area contributed by atoms with Crippen molar-refractivity contribution in [3.05, 3.63) is 89.0 Å². The summed E-state index contributed by atoms with van der Waals surface area (Å²) in [4.78, 5) is 0. The topological polar surface area (TPSA) is 73.8 Å². The molecule has 0 N–H and O–H groups in total. The van der Waals surface area contributed by atoms with Crippen LogP contribution in [0.2, 0.25) is 0 Å². The molecule has 0 bridgehead atoms. The van der Waals surface area contributed by atoms with Gasteiger partial charge in [0.15, 0.2) is 34.5 Å². The maximum absolute atomic E-state index is 6.47. The summed E-state index contributed by atoms with van der Waals surface area (Å²) in [5.74, 6) is 5.74. The third-order valence-corrected chi connectivity index (χ3v) is 7.26. The molecule has 0 spiro atoms. The molecule has 0 atom stereocenters. The molecule has 0 aromatic heterocycles. The zero-order valence-electron chi connectivity index (χ0n) is 25.9. The van der Waals surface area contributed by atoms with Crippen molar-refractivity contribution in [2.75, 3.05) is 49.8 Å². The number of aryl methyl sites for hydroxylation is 4. The summed E-state index contributed by atoms with van der Waals surface area (Å²) in [7, 11) is 11.4. The molecular weight excluding hydrogens is 548 g/mol. The van der Waals surface area contributed by atoms with Crippen molar-refractivity contribution in [1.82, 2.24) is 0 Å². The van der Waals surface area contributed by atoms with E-state index in [2.05, 4.69) is 6.07 Å². The molecule has 4 rings (SSSR count). The van der Waals surface area contributed by atoms with Crippen molar-refractivity contribution < 1.29 is 37.9 Å². The summed E-state index contributed by atoms with van der Waals surface area (Å²) in [6, 6.07) is 21.8. The summed E-state index contributed by atoms with van der Waals surface area (Å²) in [5, 5.41) is 0. The van der Waals surface area contributed by atoms with Gasteiger partial charge in [-0.1, -0.05) is 18.2 Å². The van der Waals surface area contributed by atoms with E-state index in [1.165, 1.54) is 5.56 Å². The van der Waals surface area contributed by atoms with Gasteiger partial charge in [0, 0.05) is 6.07 Å². The van der Waals surface area contributed by atoms with Crippen molar-refractivity contribution in [1.29, 1.82) is 0 Å². The smallest absolute Gasteiger partial charge is 0.203 e. The van der Waals surface area contributed by atoms with Crippen LogP contribution < -0.4 is 37.9 Å². The maximum atomic E-state index is 6.47. The van der Waals surface area contributed by atoms with Crippen LogP contribution in [-0.4, -0.2) is 49.8 Å². The van der Waals surface area contributed by atoms with Crippen molar-refractivity contribution in [3.8, 4) is 51.7 Å². The molecule has 0 aliphatic carbocycles.